The zero-order valence-electron chi connectivity index (χ0n) is 7.38. The van der Waals surface area contributed by atoms with Crippen molar-refractivity contribution in [1.82, 2.24) is 0 Å². The predicted octanol–water partition coefficient (Wildman–Crippen LogP) is 2.04. The van der Waals surface area contributed by atoms with Gasteiger partial charge in [0, 0.05) is 0 Å². The smallest absolute Gasteiger partial charge is 0.221 e. The van der Waals surface area contributed by atoms with Crippen LogP contribution in [0, 0.1) is 0 Å². The second-order valence-corrected chi connectivity index (χ2v) is 7.02. The summed E-state index contributed by atoms with van der Waals surface area (Å²) >= 11 is 0. The highest BCUT2D eigenvalue weighted by molar-refractivity contribution is 6.84. The van der Waals surface area contributed by atoms with E-state index in [1.54, 1.807) is 0 Å². The molecule has 0 bridgehead atoms. The third-order valence-corrected chi connectivity index (χ3v) is 4.44. The molecule has 1 aromatic rings. The fraction of sp³-hybridized carbons (Fsp3) is 0.333. The van der Waals surface area contributed by atoms with Gasteiger partial charge in [-0.1, -0.05) is 30.3 Å². The maximum atomic E-state index is 12.0. The van der Waals surface area contributed by atoms with Crippen LogP contribution in [0.3, 0.4) is 0 Å². The Labute approximate surface area is 73.3 Å². The molecule has 0 aliphatic carbocycles. The molecular formula is C9H13FOSi. The van der Waals surface area contributed by atoms with Crippen LogP contribution >= 0.6 is 0 Å². The summed E-state index contributed by atoms with van der Waals surface area (Å²) in [5.74, 6) is 0. The van der Waals surface area contributed by atoms with Gasteiger partial charge >= 0.3 is 0 Å². The van der Waals surface area contributed by atoms with Gasteiger partial charge in [-0.25, -0.2) is 4.39 Å². The average molecular weight is 184 g/mol. The van der Waals surface area contributed by atoms with Gasteiger partial charge in [-0.2, -0.15) is 0 Å². The van der Waals surface area contributed by atoms with E-state index in [0.29, 0.717) is 0 Å². The number of halogens is 1. The predicted molar refractivity (Wildman–Crippen MR) is 50.6 cm³/mol. The molecule has 0 heterocycles. The topological polar surface area (TPSA) is 9.23 Å². The summed E-state index contributed by atoms with van der Waals surface area (Å²) in [6, 6.07) is 9.82. The first-order chi connectivity index (χ1) is 5.67. The Morgan fingerprint density at radius 1 is 1.25 bits per heavy atom. The Hall–Kier alpha value is -0.673. The Balaban J connectivity index is 2.82. The molecule has 0 radical (unpaired) electrons. The van der Waals surface area contributed by atoms with Gasteiger partial charge < -0.3 is 4.43 Å². The number of alkyl halides is 1. The first-order valence-corrected chi connectivity index (χ1v) is 6.83. The van der Waals surface area contributed by atoms with Gasteiger partial charge in [-0.15, -0.1) is 0 Å². The van der Waals surface area contributed by atoms with Crippen LogP contribution in [0.5, 0.6) is 0 Å². The second kappa shape index (κ2) is 3.82. The summed E-state index contributed by atoms with van der Waals surface area (Å²) in [4.78, 5) is 0. The van der Waals surface area contributed by atoms with Crippen LogP contribution in [0.2, 0.25) is 13.1 Å². The highest BCUT2D eigenvalue weighted by atomic mass is 28.4. The van der Waals surface area contributed by atoms with Crippen molar-refractivity contribution in [1.29, 1.82) is 0 Å². The lowest BCUT2D eigenvalue weighted by atomic mass is 10.4. The summed E-state index contributed by atoms with van der Waals surface area (Å²) in [5, 5.41) is 1.13. The molecular weight excluding hydrogens is 171 g/mol. The van der Waals surface area contributed by atoms with E-state index in [4.69, 9.17) is 4.43 Å². The molecule has 0 unspecified atom stereocenters. The molecule has 0 spiro atoms. The molecule has 0 aliphatic rings. The molecule has 0 aromatic heterocycles. The van der Waals surface area contributed by atoms with E-state index in [2.05, 4.69) is 0 Å². The third kappa shape index (κ3) is 2.15. The van der Waals surface area contributed by atoms with E-state index in [1.807, 2.05) is 43.4 Å². The number of rotatable bonds is 3. The SMILES string of the molecule is C[Si](C)(OCF)c1ccccc1. The lowest BCUT2D eigenvalue weighted by molar-refractivity contribution is 0.187. The van der Waals surface area contributed by atoms with Crippen molar-refractivity contribution in [2.45, 2.75) is 13.1 Å². The van der Waals surface area contributed by atoms with Crippen molar-refractivity contribution in [3.63, 3.8) is 0 Å². The summed E-state index contributed by atoms with van der Waals surface area (Å²) in [7, 11) is -1.95. The lowest BCUT2D eigenvalue weighted by Crippen LogP contribution is -2.44. The zero-order chi connectivity index (χ0) is 9.03. The summed E-state index contributed by atoms with van der Waals surface area (Å²) in [6.07, 6.45) is 0. The van der Waals surface area contributed by atoms with Crippen molar-refractivity contribution < 1.29 is 8.82 Å². The molecule has 1 rings (SSSR count). The van der Waals surface area contributed by atoms with E-state index in [1.165, 1.54) is 0 Å². The fourth-order valence-corrected chi connectivity index (χ4v) is 2.49. The van der Waals surface area contributed by atoms with E-state index in [0.717, 1.165) is 5.19 Å². The van der Waals surface area contributed by atoms with Crippen molar-refractivity contribution in [2.24, 2.45) is 0 Å². The second-order valence-electron chi connectivity index (χ2n) is 3.13. The average Bonchev–Trinajstić information content (AvgIpc) is 2.06. The van der Waals surface area contributed by atoms with Gasteiger partial charge in [0.25, 0.3) is 0 Å². The van der Waals surface area contributed by atoms with E-state index < -0.39 is 15.2 Å². The van der Waals surface area contributed by atoms with Crippen LogP contribution in [0.1, 0.15) is 0 Å². The van der Waals surface area contributed by atoms with Gasteiger partial charge in [-0.3, -0.25) is 0 Å². The molecule has 12 heavy (non-hydrogen) atoms. The zero-order valence-corrected chi connectivity index (χ0v) is 8.38. The molecule has 1 nitrogen and oxygen atoms in total. The Bertz CT molecular complexity index is 236. The number of hydrogen-bond donors (Lipinski definition) is 0. The molecule has 66 valence electrons. The molecule has 0 aliphatic heterocycles. The monoisotopic (exact) mass is 184 g/mol. The first-order valence-electron chi connectivity index (χ1n) is 3.92. The van der Waals surface area contributed by atoms with Crippen LogP contribution in [0.15, 0.2) is 30.3 Å². The Kier molecular flexibility index (Phi) is 3.00. The van der Waals surface area contributed by atoms with Gasteiger partial charge in [0.1, 0.15) is 0 Å². The normalized spacial score (nSPS) is 11.6. The summed E-state index contributed by atoms with van der Waals surface area (Å²) < 4.78 is 17.1. The highest BCUT2D eigenvalue weighted by Crippen LogP contribution is 2.04. The van der Waals surface area contributed by atoms with E-state index >= 15 is 0 Å². The molecule has 0 atom stereocenters. The van der Waals surface area contributed by atoms with Crippen LogP contribution in [0.25, 0.3) is 0 Å². The van der Waals surface area contributed by atoms with Crippen LogP contribution in [-0.2, 0) is 4.43 Å². The molecule has 0 saturated carbocycles. The maximum absolute atomic E-state index is 12.0. The number of benzene rings is 1. The van der Waals surface area contributed by atoms with Gasteiger partial charge in [0.15, 0.2) is 6.86 Å². The molecule has 0 fully saturated rings. The van der Waals surface area contributed by atoms with Crippen LogP contribution < -0.4 is 5.19 Å². The highest BCUT2D eigenvalue weighted by Gasteiger charge is 2.24. The largest absolute Gasteiger partial charge is 0.387 e. The maximum Gasteiger partial charge on any atom is 0.221 e. The number of hydrogen-bond acceptors (Lipinski definition) is 1. The van der Waals surface area contributed by atoms with Crippen LogP contribution in [0.4, 0.5) is 4.39 Å². The van der Waals surface area contributed by atoms with Gasteiger partial charge in [0.05, 0.1) is 0 Å². The summed E-state index contributed by atoms with van der Waals surface area (Å²) in [6.45, 7) is 3.29. The third-order valence-electron chi connectivity index (χ3n) is 1.88. The minimum absolute atomic E-state index is 0.686. The molecule has 1 aromatic carbocycles. The van der Waals surface area contributed by atoms with E-state index in [-0.39, 0.29) is 0 Å². The Morgan fingerprint density at radius 3 is 2.33 bits per heavy atom. The quantitative estimate of drug-likeness (QED) is 0.653. The lowest BCUT2D eigenvalue weighted by Gasteiger charge is -2.20. The minimum atomic E-state index is -1.95. The van der Waals surface area contributed by atoms with Gasteiger partial charge in [-0.05, 0) is 18.3 Å². The van der Waals surface area contributed by atoms with Crippen molar-refractivity contribution in [3.8, 4) is 0 Å². The molecule has 0 amide bonds. The van der Waals surface area contributed by atoms with Crippen molar-refractivity contribution in [2.75, 3.05) is 6.86 Å². The van der Waals surface area contributed by atoms with Crippen molar-refractivity contribution in [3.05, 3.63) is 30.3 Å². The minimum Gasteiger partial charge on any atom is -0.387 e. The molecule has 0 saturated heterocycles. The first kappa shape index (κ1) is 9.42. The molecule has 3 heteroatoms. The standard InChI is InChI=1S/C9H13FOSi/c1-12(2,11-8-10)9-6-4-3-5-7-9/h3-7H,8H2,1-2H3. The van der Waals surface area contributed by atoms with E-state index in [9.17, 15) is 4.39 Å². The summed E-state index contributed by atoms with van der Waals surface area (Å²) in [5.41, 5.74) is 0. The fourth-order valence-electron chi connectivity index (χ4n) is 1.06. The van der Waals surface area contributed by atoms with Crippen molar-refractivity contribution >= 4 is 13.5 Å². The Morgan fingerprint density at radius 2 is 1.83 bits per heavy atom. The van der Waals surface area contributed by atoms with Gasteiger partial charge in [0.2, 0.25) is 8.32 Å². The van der Waals surface area contributed by atoms with Crippen LogP contribution in [-0.4, -0.2) is 15.2 Å². The molecule has 0 N–H and O–H groups in total.